The minimum absolute atomic E-state index is 0.292. The number of hydrogen-bond acceptors (Lipinski definition) is 2. The lowest BCUT2D eigenvalue weighted by Gasteiger charge is -2.27. The summed E-state index contributed by atoms with van der Waals surface area (Å²) in [7, 11) is 1.68. The molecule has 104 valence electrons. The topological polar surface area (TPSA) is 26.3 Å². The number of rotatable bonds is 5. The number of carbonyl (C=O) groups excluding carboxylic acids is 1. The number of hydrogen-bond donors (Lipinski definition) is 0. The SMILES string of the molecule is CCC1CCC(=O)C(CCc2ccc(OC)cc2)C1. The molecule has 1 aromatic carbocycles. The number of benzene rings is 1. The van der Waals surface area contributed by atoms with Gasteiger partial charge in [0, 0.05) is 12.3 Å². The lowest BCUT2D eigenvalue weighted by molar-refractivity contribution is -0.125. The van der Waals surface area contributed by atoms with E-state index in [0.717, 1.165) is 43.8 Å². The van der Waals surface area contributed by atoms with Crippen molar-refractivity contribution < 1.29 is 9.53 Å². The van der Waals surface area contributed by atoms with Crippen LogP contribution in [-0.2, 0) is 11.2 Å². The molecular formula is C17H24O2. The van der Waals surface area contributed by atoms with Crippen molar-refractivity contribution in [2.45, 2.75) is 45.4 Å². The molecule has 0 aromatic heterocycles. The summed E-state index contributed by atoms with van der Waals surface area (Å²) in [5, 5.41) is 0. The lowest BCUT2D eigenvalue weighted by atomic mass is 9.77. The summed E-state index contributed by atoms with van der Waals surface area (Å²) < 4.78 is 5.16. The zero-order valence-electron chi connectivity index (χ0n) is 12.0. The van der Waals surface area contributed by atoms with Crippen LogP contribution in [-0.4, -0.2) is 12.9 Å². The Morgan fingerprint density at radius 2 is 2.00 bits per heavy atom. The van der Waals surface area contributed by atoms with Crippen LogP contribution in [0.1, 0.15) is 44.6 Å². The molecule has 0 amide bonds. The highest BCUT2D eigenvalue weighted by atomic mass is 16.5. The highest BCUT2D eigenvalue weighted by Gasteiger charge is 2.27. The van der Waals surface area contributed by atoms with Crippen molar-refractivity contribution in [3.63, 3.8) is 0 Å². The van der Waals surface area contributed by atoms with Crippen LogP contribution in [0.4, 0.5) is 0 Å². The molecule has 2 heteroatoms. The Hall–Kier alpha value is -1.31. The molecule has 1 saturated carbocycles. The van der Waals surface area contributed by atoms with Gasteiger partial charge in [-0.3, -0.25) is 4.79 Å². The first-order chi connectivity index (χ1) is 9.22. The van der Waals surface area contributed by atoms with Crippen molar-refractivity contribution in [3.8, 4) is 5.75 Å². The maximum Gasteiger partial charge on any atom is 0.136 e. The normalized spacial score (nSPS) is 23.4. The summed E-state index contributed by atoms with van der Waals surface area (Å²) >= 11 is 0. The quantitative estimate of drug-likeness (QED) is 0.799. The predicted octanol–water partition coefficient (Wildman–Crippen LogP) is 4.02. The van der Waals surface area contributed by atoms with Crippen LogP contribution in [0.5, 0.6) is 5.75 Å². The summed E-state index contributed by atoms with van der Waals surface area (Å²) in [5.41, 5.74) is 1.30. The van der Waals surface area contributed by atoms with Gasteiger partial charge in [0.05, 0.1) is 7.11 Å². The van der Waals surface area contributed by atoms with E-state index < -0.39 is 0 Å². The van der Waals surface area contributed by atoms with Gasteiger partial charge in [-0.2, -0.15) is 0 Å². The molecule has 19 heavy (non-hydrogen) atoms. The Morgan fingerprint density at radius 3 is 2.63 bits per heavy atom. The number of ether oxygens (including phenoxy) is 1. The number of Topliss-reactive ketones (excluding diaryl/α,β-unsaturated/α-hetero) is 1. The van der Waals surface area contributed by atoms with Gasteiger partial charge in [0.1, 0.15) is 11.5 Å². The Balaban J connectivity index is 1.87. The van der Waals surface area contributed by atoms with Crippen molar-refractivity contribution in [1.82, 2.24) is 0 Å². The maximum atomic E-state index is 12.0. The van der Waals surface area contributed by atoms with E-state index in [2.05, 4.69) is 19.1 Å². The Kier molecular flexibility index (Phi) is 5.00. The van der Waals surface area contributed by atoms with Gasteiger partial charge in [-0.05, 0) is 49.3 Å². The third kappa shape index (κ3) is 3.82. The molecule has 0 radical (unpaired) electrons. The summed E-state index contributed by atoms with van der Waals surface area (Å²) in [6, 6.07) is 8.19. The van der Waals surface area contributed by atoms with E-state index in [1.54, 1.807) is 7.11 Å². The second-order valence-corrected chi connectivity index (χ2v) is 5.60. The molecule has 1 aliphatic rings. The Labute approximate surface area is 116 Å². The van der Waals surface area contributed by atoms with Crippen molar-refractivity contribution in [2.75, 3.05) is 7.11 Å². The van der Waals surface area contributed by atoms with Gasteiger partial charge in [-0.1, -0.05) is 25.5 Å². The van der Waals surface area contributed by atoms with Gasteiger partial charge < -0.3 is 4.74 Å². The summed E-state index contributed by atoms with van der Waals surface area (Å²) in [6.07, 6.45) is 6.22. The van der Waals surface area contributed by atoms with Crippen LogP contribution < -0.4 is 4.74 Å². The molecule has 2 unspecified atom stereocenters. The van der Waals surface area contributed by atoms with Gasteiger partial charge in [0.15, 0.2) is 0 Å². The molecule has 0 heterocycles. The number of carbonyl (C=O) groups is 1. The molecule has 1 aromatic rings. The van der Waals surface area contributed by atoms with Gasteiger partial charge in [0.25, 0.3) is 0 Å². The number of methoxy groups -OCH3 is 1. The average Bonchev–Trinajstić information content (AvgIpc) is 2.47. The van der Waals surface area contributed by atoms with E-state index in [-0.39, 0.29) is 0 Å². The first-order valence-electron chi connectivity index (χ1n) is 7.38. The molecule has 1 fully saturated rings. The third-order valence-electron chi connectivity index (χ3n) is 4.39. The standard InChI is InChI=1S/C17H24O2/c1-3-13-7-11-17(18)15(12-13)8-4-14-5-9-16(19-2)10-6-14/h5-6,9-10,13,15H,3-4,7-8,11-12H2,1-2H3. The van der Waals surface area contributed by atoms with E-state index in [1.165, 1.54) is 12.0 Å². The second-order valence-electron chi connectivity index (χ2n) is 5.60. The fourth-order valence-electron chi connectivity index (χ4n) is 2.98. The highest BCUT2D eigenvalue weighted by Crippen LogP contribution is 2.31. The van der Waals surface area contributed by atoms with E-state index in [0.29, 0.717) is 11.7 Å². The fourth-order valence-corrected chi connectivity index (χ4v) is 2.98. The Bertz CT molecular complexity index is 408. The molecule has 0 saturated heterocycles. The molecule has 0 N–H and O–H groups in total. The maximum absolute atomic E-state index is 12.0. The van der Waals surface area contributed by atoms with Crippen molar-refractivity contribution >= 4 is 5.78 Å². The first-order valence-corrected chi connectivity index (χ1v) is 7.38. The molecular weight excluding hydrogens is 236 g/mol. The fraction of sp³-hybridized carbons (Fsp3) is 0.588. The van der Waals surface area contributed by atoms with Crippen molar-refractivity contribution in [2.24, 2.45) is 11.8 Å². The smallest absolute Gasteiger partial charge is 0.136 e. The average molecular weight is 260 g/mol. The lowest BCUT2D eigenvalue weighted by Crippen LogP contribution is -2.25. The van der Waals surface area contributed by atoms with Crippen LogP contribution in [0.25, 0.3) is 0 Å². The summed E-state index contributed by atoms with van der Waals surface area (Å²) in [6.45, 7) is 2.24. The van der Waals surface area contributed by atoms with E-state index in [1.807, 2.05) is 12.1 Å². The van der Waals surface area contributed by atoms with E-state index >= 15 is 0 Å². The Morgan fingerprint density at radius 1 is 1.26 bits per heavy atom. The van der Waals surface area contributed by atoms with Crippen LogP contribution in [0.3, 0.4) is 0 Å². The largest absolute Gasteiger partial charge is 0.497 e. The predicted molar refractivity (Wildman–Crippen MR) is 77.4 cm³/mol. The summed E-state index contributed by atoms with van der Waals surface area (Å²) in [4.78, 5) is 12.0. The van der Waals surface area contributed by atoms with Crippen molar-refractivity contribution in [1.29, 1.82) is 0 Å². The molecule has 1 aliphatic carbocycles. The van der Waals surface area contributed by atoms with Gasteiger partial charge >= 0.3 is 0 Å². The second kappa shape index (κ2) is 6.74. The van der Waals surface area contributed by atoms with E-state index in [4.69, 9.17) is 4.74 Å². The molecule has 2 atom stereocenters. The van der Waals surface area contributed by atoms with Crippen LogP contribution in [0, 0.1) is 11.8 Å². The number of ketones is 1. The zero-order valence-corrected chi connectivity index (χ0v) is 12.0. The van der Waals surface area contributed by atoms with Gasteiger partial charge in [0.2, 0.25) is 0 Å². The highest BCUT2D eigenvalue weighted by molar-refractivity contribution is 5.81. The van der Waals surface area contributed by atoms with Crippen LogP contribution >= 0.6 is 0 Å². The molecule has 0 spiro atoms. The molecule has 2 nitrogen and oxygen atoms in total. The van der Waals surface area contributed by atoms with E-state index in [9.17, 15) is 4.79 Å². The minimum Gasteiger partial charge on any atom is -0.497 e. The van der Waals surface area contributed by atoms with Gasteiger partial charge in [-0.15, -0.1) is 0 Å². The number of aryl methyl sites for hydroxylation is 1. The molecule has 0 aliphatic heterocycles. The molecule has 2 rings (SSSR count). The summed E-state index contributed by atoms with van der Waals surface area (Å²) in [5.74, 6) is 2.43. The minimum atomic E-state index is 0.292. The first kappa shape index (κ1) is 14.1. The van der Waals surface area contributed by atoms with Crippen molar-refractivity contribution in [3.05, 3.63) is 29.8 Å². The monoisotopic (exact) mass is 260 g/mol. The zero-order chi connectivity index (χ0) is 13.7. The van der Waals surface area contributed by atoms with Crippen LogP contribution in [0.2, 0.25) is 0 Å². The van der Waals surface area contributed by atoms with Gasteiger partial charge in [-0.25, -0.2) is 0 Å². The molecule has 0 bridgehead atoms. The van der Waals surface area contributed by atoms with Crippen LogP contribution in [0.15, 0.2) is 24.3 Å². The third-order valence-corrected chi connectivity index (χ3v) is 4.39.